The molecular weight excluding hydrogens is 194 g/mol. The van der Waals surface area contributed by atoms with Crippen LogP contribution in [0.3, 0.4) is 0 Å². The smallest absolute Gasteiger partial charge is 0.00683 e. The van der Waals surface area contributed by atoms with E-state index in [1.54, 1.807) is 0 Å². The van der Waals surface area contributed by atoms with Gasteiger partial charge in [-0.2, -0.15) is 0 Å². The summed E-state index contributed by atoms with van der Waals surface area (Å²) in [6.45, 7) is 6.00. The summed E-state index contributed by atoms with van der Waals surface area (Å²) in [7, 11) is 0. The van der Waals surface area contributed by atoms with Gasteiger partial charge in [0.25, 0.3) is 0 Å². The van der Waals surface area contributed by atoms with Crippen molar-refractivity contribution < 1.29 is 0 Å². The van der Waals surface area contributed by atoms with E-state index in [2.05, 4.69) is 31.3 Å². The second-order valence-corrected chi connectivity index (χ2v) is 6.12. The third-order valence-electron chi connectivity index (χ3n) is 3.94. The van der Waals surface area contributed by atoms with E-state index >= 15 is 0 Å². The van der Waals surface area contributed by atoms with E-state index in [0.29, 0.717) is 0 Å². The Morgan fingerprint density at radius 2 is 1.75 bits per heavy atom. The van der Waals surface area contributed by atoms with Crippen LogP contribution in [0.2, 0.25) is 0 Å². The lowest BCUT2D eigenvalue weighted by molar-refractivity contribution is 0.252. The summed E-state index contributed by atoms with van der Waals surface area (Å²) in [6, 6.07) is 0.864. The van der Waals surface area contributed by atoms with Gasteiger partial charge in [0.2, 0.25) is 0 Å². The lowest BCUT2D eigenvalue weighted by Gasteiger charge is -2.29. The highest BCUT2D eigenvalue weighted by Crippen LogP contribution is 2.33. The number of hydrogen-bond donors (Lipinski definition) is 1. The van der Waals surface area contributed by atoms with Crippen LogP contribution in [0.25, 0.3) is 0 Å². The minimum atomic E-state index is 0.861. The first-order valence-corrected chi connectivity index (χ1v) is 7.14. The molecule has 92 valence electrons. The number of nitrogens with one attached hydrogen (secondary N) is 1. The minimum Gasteiger partial charge on any atom is -0.314 e. The predicted octanol–water partition coefficient (Wildman–Crippen LogP) is 3.76. The van der Waals surface area contributed by atoms with E-state index in [0.717, 1.165) is 23.8 Å². The maximum atomic E-state index is 3.56. The van der Waals surface area contributed by atoms with Crippen LogP contribution in [0.4, 0.5) is 0 Å². The molecule has 0 heterocycles. The summed E-state index contributed by atoms with van der Waals surface area (Å²) in [6.07, 6.45) is 13.2. The molecule has 0 amide bonds. The van der Waals surface area contributed by atoms with Crippen molar-refractivity contribution in [3.8, 4) is 0 Å². The standard InChI is InChI=1S/C15H27N/c1-12-9-13(2)11-14(10-12)5-3-4-8-16-15-6-7-15/h3,5,12-16H,4,6-11H2,1-2H3. The first-order chi connectivity index (χ1) is 7.74. The van der Waals surface area contributed by atoms with Gasteiger partial charge in [-0.25, -0.2) is 0 Å². The Kier molecular flexibility index (Phi) is 4.45. The maximum absolute atomic E-state index is 3.56. The van der Waals surface area contributed by atoms with Gasteiger partial charge < -0.3 is 5.32 Å². The predicted molar refractivity (Wildman–Crippen MR) is 70.5 cm³/mol. The lowest BCUT2D eigenvalue weighted by Crippen LogP contribution is -2.18. The lowest BCUT2D eigenvalue weighted by atomic mass is 9.76. The monoisotopic (exact) mass is 221 g/mol. The van der Waals surface area contributed by atoms with Gasteiger partial charge in [-0.3, -0.25) is 0 Å². The molecule has 1 heteroatoms. The molecule has 0 aliphatic heterocycles. The van der Waals surface area contributed by atoms with Gasteiger partial charge in [0.05, 0.1) is 0 Å². The third-order valence-corrected chi connectivity index (χ3v) is 3.94. The Labute approximate surface area is 101 Å². The Morgan fingerprint density at radius 3 is 2.38 bits per heavy atom. The molecule has 2 rings (SSSR count). The molecule has 2 unspecified atom stereocenters. The highest BCUT2D eigenvalue weighted by Gasteiger charge is 2.22. The SMILES string of the molecule is CC1CC(C)CC(C=CCCNC2CC2)C1. The van der Waals surface area contributed by atoms with Crippen LogP contribution < -0.4 is 5.32 Å². The van der Waals surface area contributed by atoms with Crippen molar-refractivity contribution in [2.24, 2.45) is 17.8 Å². The zero-order valence-corrected chi connectivity index (χ0v) is 10.9. The number of hydrogen-bond acceptors (Lipinski definition) is 1. The third kappa shape index (κ3) is 4.29. The van der Waals surface area contributed by atoms with Crippen molar-refractivity contribution in [1.82, 2.24) is 5.32 Å². The van der Waals surface area contributed by atoms with Crippen molar-refractivity contribution in [3.63, 3.8) is 0 Å². The first-order valence-electron chi connectivity index (χ1n) is 7.14. The van der Waals surface area contributed by atoms with Gasteiger partial charge in [-0.15, -0.1) is 0 Å². The Balaban J connectivity index is 1.60. The first kappa shape index (κ1) is 12.2. The van der Waals surface area contributed by atoms with E-state index < -0.39 is 0 Å². The van der Waals surface area contributed by atoms with Crippen molar-refractivity contribution >= 4 is 0 Å². The highest BCUT2D eigenvalue weighted by atomic mass is 14.9. The summed E-state index contributed by atoms with van der Waals surface area (Å²) in [5.41, 5.74) is 0. The zero-order chi connectivity index (χ0) is 11.4. The molecule has 0 aromatic rings. The maximum Gasteiger partial charge on any atom is 0.00683 e. The molecule has 2 fully saturated rings. The molecule has 0 radical (unpaired) electrons. The largest absolute Gasteiger partial charge is 0.314 e. The van der Waals surface area contributed by atoms with Crippen LogP contribution in [-0.2, 0) is 0 Å². The fraction of sp³-hybridized carbons (Fsp3) is 0.867. The van der Waals surface area contributed by atoms with Crippen LogP contribution in [0.5, 0.6) is 0 Å². The van der Waals surface area contributed by atoms with Gasteiger partial charge in [-0.05, 0) is 62.8 Å². The summed E-state index contributed by atoms with van der Waals surface area (Å²) in [4.78, 5) is 0. The fourth-order valence-corrected chi connectivity index (χ4v) is 3.11. The van der Waals surface area contributed by atoms with E-state index in [9.17, 15) is 0 Å². The number of rotatable bonds is 5. The van der Waals surface area contributed by atoms with Crippen LogP contribution >= 0.6 is 0 Å². The Morgan fingerprint density at radius 1 is 1.06 bits per heavy atom. The molecule has 2 saturated carbocycles. The highest BCUT2D eigenvalue weighted by molar-refractivity contribution is 4.93. The molecule has 0 spiro atoms. The van der Waals surface area contributed by atoms with Crippen LogP contribution in [0.15, 0.2) is 12.2 Å². The minimum absolute atomic E-state index is 0.861. The van der Waals surface area contributed by atoms with Crippen molar-refractivity contribution in [2.75, 3.05) is 6.54 Å². The van der Waals surface area contributed by atoms with Gasteiger partial charge in [0, 0.05) is 6.04 Å². The summed E-state index contributed by atoms with van der Waals surface area (Å²) in [5.74, 6) is 2.73. The molecule has 0 aromatic heterocycles. The summed E-state index contributed by atoms with van der Waals surface area (Å²) >= 11 is 0. The van der Waals surface area contributed by atoms with Crippen molar-refractivity contribution in [1.29, 1.82) is 0 Å². The summed E-state index contributed by atoms with van der Waals surface area (Å²) < 4.78 is 0. The van der Waals surface area contributed by atoms with E-state index in [1.165, 1.54) is 45.1 Å². The van der Waals surface area contributed by atoms with Crippen LogP contribution in [-0.4, -0.2) is 12.6 Å². The Hall–Kier alpha value is -0.300. The molecule has 1 nitrogen and oxygen atoms in total. The van der Waals surface area contributed by atoms with Crippen LogP contribution in [0.1, 0.15) is 52.4 Å². The second kappa shape index (κ2) is 5.86. The number of allylic oxidation sites excluding steroid dienone is 1. The van der Waals surface area contributed by atoms with Crippen LogP contribution in [0, 0.1) is 17.8 Å². The van der Waals surface area contributed by atoms with Gasteiger partial charge in [-0.1, -0.05) is 26.0 Å². The molecule has 0 bridgehead atoms. The van der Waals surface area contributed by atoms with Gasteiger partial charge >= 0.3 is 0 Å². The quantitative estimate of drug-likeness (QED) is 0.550. The van der Waals surface area contributed by atoms with Gasteiger partial charge in [0.15, 0.2) is 0 Å². The van der Waals surface area contributed by atoms with E-state index in [-0.39, 0.29) is 0 Å². The molecule has 1 N–H and O–H groups in total. The zero-order valence-electron chi connectivity index (χ0n) is 10.9. The van der Waals surface area contributed by atoms with Crippen molar-refractivity contribution in [3.05, 3.63) is 12.2 Å². The molecule has 2 aliphatic rings. The second-order valence-electron chi connectivity index (χ2n) is 6.12. The molecular formula is C15H27N. The normalized spacial score (nSPS) is 35.8. The summed E-state index contributed by atoms with van der Waals surface area (Å²) in [5, 5.41) is 3.56. The molecule has 2 aliphatic carbocycles. The molecule has 2 atom stereocenters. The molecule has 0 aromatic carbocycles. The average molecular weight is 221 g/mol. The van der Waals surface area contributed by atoms with E-state index in [4.69, 9.17) is 0 Å². The molecule has 16 heavy (non-hydrogen) atoms. The average Bonchev–Trinajstić information content (AvgIpc) is 2.99. The van der Waals surface area contributed by atoms with Crippen molar-refractivity contribution in [2.45, 2.75) is 58.4 Å². The Bertz CT molecular complexity index is 220. The topological polar surface area (TPSA) is 12.0 Å². The van der Waals surface area contributed by atoms with Gasteiger partial charge in [0.1, 0.15) is 0 Å². The fourth-order valence-electron chi connectivity index (χ4n) is 3.11. The molecule has 0 saturated heterocycles. The van der Waals surface area contributed by atoms with E-state index in [1.807, 2.05) is 0 Å².